The number of furan rings is 1. The maximum atomic E-state index is 12.4. The summed E-state index contributed by atoms with van der Waals surface area (Å²) < 4.78 is 30.0. The first-order chi connectivity index (χ1) is 11.8. The summed E-state index contributed by atoms with van der Waals surface area (Å²) in [6.45, 7) is 1.84. The van der Waals surface area contributed by atoms with Gasteiger partial charge in [-0.3, -0.25) is 9.59 Å². The van der Waals surface area contributed by atoms with Crippen LogP contribution < -0.4 is 5.32 Å². The molecule has 0 bridgehead atoms. The van der Waals surface area contributed by atoms with Gasteiger partial charge >= 0.3 is 5.97 Å². The van der Waals surface area contributed by atoms with Crippen LogP contribution in [0.25, 0.3) is 0 Å². The van der Waals surface area contributed by atoms with Crippen LogP contribution in [-0.2, 0) is 20.4 Å². The summed E-state index contributed by atoms with van der Waals surface area (Å²) in [4.78, 5) is 23.0. The second kappa shape index (κ2) is 7.98. The molecule has 2 rings (SSSR count). The smallest absolute Gasteiger partial charge is 0.303 e. The van der Waals surface area contributed by atoms with Crippen molar-refractivity contribution in [2.24, 2.45) is 5.92 Å². The summed E-state index contributed by atoms with van der Waals surface area (Å²) in [6.07, 6.45) is 1.18. The summed E-state index contributed by atoms with van der Waals surface area (Å²) >= 11 is 0. The Morgan fingerprint density at radius 1 is 1.20 bits per heavy atom. The number of hydrogen-bond acceptors (Lipinski definition) is 5. The van der Waals surface area contributed by atoms with E-state index in [1.165, 1.54) is 24.5 Å². The summed E-state index contributed by atoms with van der Waals surface area (Å²) in [7, 11) is -3.60. The van der Waals surface area contributed by atoms with E-state index < -0.39 is 21.7 Å². The quantitative estimate of drug-likeness (QED) is 0.740. The minimum atomic E-state index is -3.60. The van der Waals surface area contributed by atoms with Gasteiger partial charge in [0, 0.05) is 18.5 Å². The van der Waals surface area contributed by atoms with E-state index in [0.717, 1.165) is 0 Å². The lowest BCUT2D eigenvalue weighted by Gasteiger charge is -2.10. The van der Waals surface area contributed by atoms with Gasteiger partial charge in [0.1, 0.15) is 0 Å². The molecule has 0 saturated heterocycles. The molecule has 1 atom stereocenters. The summed E-state index contributed by atoms with van der Waals surface area (Å²) in [6, 6.07) is 9.38. The highest BCUT2D eigenvalue weighted by atomic mass is 32.2. The molecule has 7 nitrogen and oxygen atoms in total. The number of benzene rings is 1. The van der Waals surface area contributed by atoms with Crippen molar-refractivity contribution in [2.45, 2.75) is 24.0 Å². The highest BCUT2D eigenvalue weighted by Crippen LogP contribution is 2.20. The van der Waals surface area contributed by atoms with Crippen molar-refractivity contribution < 1.29 is 27.5 Å². The Labute approximate surface area is 145 Å². The van der Waals surface area contributed by atoms with Gasteiger partial charge in [0.15, 0.2) is 15.6 Å². The molecule has 0 aliphatic rings. The third-order valence-corrected chi connectivity index (χ3v) is 5.22. The van der Waals surface area contributed by atoms with Crippen LogP contribution in [0.4, 0.5) is 0 Å². The SMILES string of the molecule is CC(CNC(=O)c1occc1CS(=O)(=O)c1ccccc1)CC(=O)O. The van der Waals surface area contributed by atoms with E-state index >= 15 is 0 Å². The fourth-order valence-corrected chi connectivity index (χ4v) is 3.66. The number of aliphatic carboxylic acids is 1. The van der Waals surface area contributed by atoms with Gasteiger partial charge in [-0.05, 0) is 24.1 Å². The molecular formula is C17H19NO6S. The van der Waals surface area contributed by atoms with Crippen LogP contribution in [0.1, 0.15) is 29.5 Å². The van der Waals surface area contributed by atoms with E-state index in [9.17, 15) is 18.0 Å². The van der Waals surface area contributed by atoms with E-state index in [2.05, 4.69) is 5.32 Å². The number of amides is 1. The van der Waals surface area contributed by atoms with Gasteiger partial charge in [-0.1, -0.05) is 25.1 Å². The number of rotatable bonds is 8. The molecule has 0 saturated carbocycles. The Balaban J connectivity index is 2.07. The molecule has 1 unspecified atom stereocenters. The minimum Gasteiger partial charge on any atom is -0.481 e. The summed E-state index contributed by atoms with van der Waals surface area (Å²) in [5, 5.41) is 11.3. The van der Waals surface area contributed by atoms with Gasteiger partial charge in [0.05, 0.1) is 16.9 Å². The maximum absolute atomic E-state index is 12.4. The van der Waals surface area contributed by atoms with Crippen molar-refractivity contribution in [1.29, 1.82) is 0 Å². The first-order valence-electron chi connectivity index (χ1n) is 7.64. The first-order valence-corrected chi connectivity index (χ1v) is 9.29. The van der Waals surface area contributed by atoms with Crippen LogP contribution in [0.5, 0.6) is 0 Å². The maximum Gasteiger partial charge on any atom is 0.303 e. The highest BCUT2D eigenvalue weighted by Gasteiger charge is 2.22. The molecule has 1 heterocycles. The van der Waals surface area contributed by atoms with Crippen LogP contribution >= 0.6 is 0 Å². The third kappa shape index (κ3) is 5.18. The second-order valence-electron chi connectivity index (χ2n) is 5.76. The summed E-state index contributed by atoms with van der Waals surface area (Å²) in [5.41, 5.74) is 0.257. The van der Waals surface area contributed by atoms with Gasteiger partial charge in [0.25, 0.3) is 5.91 Å². The third-order valence-electron chi connectivity index (χ3n) is 3.54. The van der Waals surface area contributed by atoms with Gasteiger partial charge in [0.2, 0.25) is 0 Å². The van der Waals surface area contributed by atoms with Crippen LogP contribution in [0.3, 0.4) is 0 Å². The Morgan fingerprint density at radius 3 is 2.52 bits per heavy atom. The fraction of sp³-hybridized carbons (Fsp3) is 0.294. The van der Waals surface area contributed by atoms with Crippen LogP contribution in [0, 0.1) is 5.92 Å². The van der Waals surface area contributed by atoms with Crippen LogP contribution in [0.2, 0.25) is 0 Å². The Morgan fingerprint density at radius 2 is 1.88 bits per heavy atom. The molecule has 1 aromatic heterocycles. The molecule has 0 aliphatic carbocycles. The van der Waals surface area contributed by atoms with E-state index in [1.54, 1.807) is 25.1 Å². The zero-order valence-electron chi connectivity index (χ0n) is 13.6. The molecule has 0 radical (unpaired) electrons. The molecule has 134 valence electrons. The molecule has 0 fully saturated rings. The predicted octanol–water partition coefficient (Wildman–Crippen LogP) is 2.09. The van der Waals surface area contributed by atoms with Crippen molar-refractivity contribution in [3.63, 3.8) is 0 Å². The average molecular weight is 365 g/mol. The van der Waals surface area contributed by atoms with Crippen molar-refractivity contribution in [3.05, 3.63) is 54.0 Å². The number of carbonyl (C=O) groups excluding carboxylic acids is 1. The molecule has 1 aromatic carbocycles. The van der Waals surface area contributed by atoms with Gasteiger partial charge < -0.3 is 14.8 Å². The number of carbonyl (C=O) groups is 2. The zero-order valence-corrected chi connectivity index (χ0v) is 14.5. The van der Waals surface area contributed by atoms with E-state index in [0.29, 0.717) is 0 Å². The number of sulfone groups is 1. The molecule has 2 aromatic rings. The van der Waals surface area contributed by atoms with Crippen molar-refractivity contribution >= 4 is 21.7 Å². The number of carboxylic acids is 1. The van der Waals surface area contributed by atoms with E-state index in [-0.39, 0.29) is 40.9 Å². The molecule has 8 heteroatoms. The largest absolute Gasteiger partial charge is 0.481 e. The summed E-state index contributed by atoms with van der Waals surface area (Å²) in [5.74, 6) is -2.22. The first kappa shape index (κ1) is 18.7. The molecule has 0 spiro atoms. The van der Waals surface area contributed by atoms with Crippen LogP contribution in [0.15, 0.2) is 52.0 Å². The van der Waals surface area contributed by atoms with Crippen molar-refractivity contribution in [2.75, 3.05) is 6.54 Å². The standard InChI is InChI=1S/C17H19NO6S/c1-12(9-15(19)20)10-18-17(21)16-13(7-8-24-16)11-25(22,23)14-5-3-2-4-6-14/h2-8,12H,9-11H2,1H3,(H,18,21)(H,19,20). The molecule has 1 amide bonds. The monoisotopic (exact) mass is 365 g/mol. The lowest BCUT2D eigenvalue weighted by Crippen LogP contribution is -2.29. The van der Waals surface area contributed by atoms with E-state index in [4.69, 9.17) is 9.52 Å². The van der Waals surface area contributed by atoms with Crippen LogP contribution in [-0.4, -0.2) is 31.9 Å². The fourth-order valence-electron chi connectivity index (χ4n) is 2.28. The van der Waals surface area contributed by atoms with Gasteiger partial charge in [-0.15, -0.1) is 0 Å². The Hall–Kier alpha value is -2.61. The lowest BCUT2D eigenvalue weighted by atomic mass is 10.1. The molecule has 0 aliphatic heterocycles. The molecule has 25 heavy (non-hydrogen) atoms. The Bertz CT molecular complexity index is 841. The molecular weight excluding hydrogens is 346 g/mol. The van der Waals surface area contributed by atoms with Gasteiger partial charge in [-0.2, -0.15) is 0 Å². The normalized spacial score (nSPS) is 12.5. The topological polar surface area (TPSA) is 114 Å². The average Bonchev–Trinajstić information content (AvgIpc) is 3.00. The number of carboxylic acid groups (broad SMARTS) is 1. The number of hydrogen-bond donors (Lipinski definition) is 2. The van der Waals surface area contributed by atoms with Crippen molar-refractivity contribution in [3.8, 4) is 0 Å². The van der Waals surface area contributed by atoms with Crippen molar-refractivity contribution in [1.82, 2.24) is 5.32 Å². The predicted molar refractivity (Wildman–Crippen MR) is 89.8 cm³/mol. The number of nitrogens with one attached hydrogen (secondary N) is 1. The lowest BCUT2D eigenvalue weighted by molar-refractivity contribution is -0.137. The highest BCUT2D eigenvalue weighted by molar-refractivity contribution is 7.90. The molecule has 2 N–H and O–H groups in total. The minimum absolute atomic E-state index is 0.0757. The zero-order chi connectivity index (χ0) is 18.4. The Kier molecular flexibility index (Phi) is 5.97. The van der Waals surface area contributed by atoms with Gasteiger partial charge in [-0.25, -0.2) is 8.42 Å². The second-order valence-corrected chi connectivity index (χ2v) is 7.75. The van der Waals surface area contributed by atoms with E-state index in [1.807, 2.05) is 0 Å².